The highest BCUT2D eigenvalue weighted by atomic mass is 16.5. The molecule has 1 aliphatic heterocycles. The van der Waals surface area contributed by atoms with Gasteiger partial charge in [-0.05, 0) is 48.0 Å². The number of anilines is 2. The first-order chi connectivity index (χ1) is 15.6. The van der Waals surface area contributed by atoms with Crippen molar-refractivity contribution in [2.24, 2.45) is 0 Å². The number of methoxy groups -OCH3 is 2. The highest BCUT2D eigenvalue weighted by Gasteiger charge is 2.18. The van der Waals surface area contributed by atoms with Crippen LogP contribution in [0.4, 0.5) is 11.5 Å². The molecule has 0 atom stereocenters. The highest BCUT2D eigenvalue weighted by Crippen LogP contribution is 2.20. The highest BCUT2D eigenvalue weighted by molar-refractivity contribution is 6.04. The van der Waals surface area contributed by atoms with Crippen LogP contribution in [-0.2, 0) is 6.54 Å². The predicted molar refractivity (Wildman–Crippen MR) is 126 cm³/mol. The van der Waals surface area contributed by atoms with Crippen LogP contribution < -0.4 is 19.7 Å². The van der Waals surface area contributed by atoms with Crippen molar-refractivity contribution in [1.29, 1.82) is 0 Å². The number of ether oxygens (including phenoxy) is 2. The zero-order valence-corrected chi connectivity index (χ0v) is 18.5. The molecular weight excluding hydrogens is 404 g/mol. The van der Waals surface area contributed by atoms with Crippen molar-refractivity contribution in [2.45, 2.75) is 6.54 Å². The van der Waals surface area contributed by atoms with Crippen LogP contribution in [-0.4, -0.2) is 56.2 Å². The van der Waals surface area contributed by atoms with Gasteiger partial charge in [-0.1, -0.05) is 18.2 Å². The molecule has 7 nitrogen and oxygen atoms in total. The number of benzene rings is 2. The first-order valence-corrected chi connectivity index (χ1v) is 10.7. The average Bonchev–Trinajstić information content (AvgIpc) is 2.85. The SMILES string of the molecule is COc1cccc(CN2CCN(c3ccc(NC(=O)c4cccc(OC)c4)cn3)CC2)c1. The summed E-state index contributed by atoms with van der Waals surface area (Å²) in [6.07, 6.45) is 1.70. The van der Waals surface area contributed by atoms with E-state index in [2.05, 4.69) is 32.2 Å². The molecule has 166 valence electrons. The standard InChI is InChI=1S/C25H28N4O3/c1-31-22-7-3-5-19(15-22)18-28-11-13-29(14-12-28)24-10-9-21(17-26-24)27-25(30)20-6-4-8-23(16-20)32-2/h3-10,15-17H,11-14,18H2,1-2H3,(H,27,30). The summed E-state index contributed by atoms with van der Waals surface area (Å²) in [5, 5.41) is 2.89. The van der Waals surface area contributed by atoms with Gasteiger partial charge in [0.2, 0.25) is 0 Å². The molecule has 1 aromatic heterocycles. The maximum Gasteiger partial charge on any atom is 0.255 e. The fraction of sp³-hybridized carbons (Fsp3) is 0.280. The fourth-order valence-corrected chi connectivity index (χ4v) is 3.78. The quantitative estimate of drug-likeness (QED) is 0.615. The predicted octanol–water partition coefficient (Wildman–Crippen LogP) is 3.67. The van der Waals surface area contributed by atoms with Crippen molar-refractivity contribution in [2.75, 3.05) is 50.6 Å². The lowest BCUT2D eigenvalue weighted by molar-refractivity contribution is 0.102. The molecule has 7 heteroatoms. The topological polar surface area (TPSA) is 66.9 Å². The van der Waals surface area contributed by atoms with Gasteiger partial charge in [0.1, 0.15) is 17.3 Å². The van der Waals surface area contributed by atoms with E-state index in [0.29, 0.717) is 17.0 Å². The van der Waals surface area contributed by atoms with Gasteiger partial charge in [0.15, 0.2) is 0 Å². The Kier molecular flexibility index (Phi) is 6.87. The van der Waals surface area contributed by atoms with E-state index in [1.165, 1.54) is 5.56 Å². The molecule has 2 heterocycles. The van der Waals surface area contributed by atoms with Crippen molar-refractivity contribution in [3.8, 4) is 11.5 Å². The molecule has 1 N–H and O–H groups in total. The smallest absolute Gasteiger partial charge is 0.255 e. The molecule has 3 aromatic rings. The lowest BCUT2D eigenvalue weighted by atomic mass is 10.2. The van der Waals surface area contributed by atoms with E-state index in [0.717, 1.165) is 44.3 Å². The summed E-state index contributed by atoms with van der Waals surface area (Å²) in [7, 11) is 3.28. The molecule has 1 saturated heterocycles. The maximum absolute atomic E-state index is 12.5. The summed E-state index contributed by atoms with van der Waals surface area (Å²) in [4.78, 5) is 21.8. The lowest BCUT2D eigenvalue weighted by Crippen LogP contribution is -2.46. The average molecular weight is 433 g/mol. The van der Waals surface area contributed by atoms with E-state index < -0.39 is 0 Å². The Morgan fingerprint density at radius 3 is 2.34 bits per heavy atom. The first kappa shape index (κ1) is 21.6. The number of hydrogen-bond donors (Lipinski definition) is 1. The third-order valence-corrected chi connectivity index (χ3v) is 5.57. The van der Waals surface area contributed by atoms with Crippen LogP contribution in [0.15, 0.2) is 66.9 Å². The molecule has 32 heavy (non-hydrogen) atoms. The van der Waals surface area contributed by atoms with E-state index in [1.807, 2.05) is 30.3 Å². The Morgan fingerprint density at radius 2 is 1.66 bits per heavy atom. The van der Waals surface area contributed by atoms with Gasteiger partial charge in [-0.3, -0.25) is 9.69 Å². The van der Waals surface area contributed by atoms with E-state index in [9.17, 15) is 4.79 Å². The summed E-state index contributed by atoms with van der Waals surface area (Å²) >= 11 is 0. The number of carbonyl (C=O) groups excluding carboxylic acids is 1. The van der Waals surface area contributed by atoms with Gasteiger partial charge in [-0.25, -0.2) is 4.98 Å². The Labute approximate surface area is 188 Å². The Balaban J connectivity index is 1.30. The monoisotopic (exact) mass is 432 g/mol. The number of nitrogens with zero attached hydrogens (tertiary/aromatic N) is 3. The van der Waals surface area contributed by atoms with Crippen LogP contribution in [0.3, 0.4) is 0 Å². The molecule has 2 aromatic carbocycles. The van der Waals surface area contributed by atoms with Crippen LogP contribution in [0, 0.1) is 0 Å². The van der Waals surface area contributed by atoms with Crippen molar-refractivity contribution in [1.82, 2.24) is 9.88 Å². The number of piperazine rings is 1. The number of pyridine rings is 1. The maximum atomic E-state index is 12.5. The van der Waals surface area contributed by atoms with Crippen LogP contribution in [0.1, 0.15) is 15.9 Å². The van der Waals surface area contributed by atoms with E-state index >= 15 is 0 Å². The minimum Gasteiger partial charge on any atom is -0.497 e. The zero-order valence-electron chi connectivity index (χ0n) is 18.5. The van der Waals surface area contributed by atoms with Crippen molar-refractivity contribution in [3.05, 3.63) is 78.0 Å². The van der Waals surface area contributed by atoms with Gasteiger partial charge in [-0.2, -0.15) is 0 Å². The van der Waals surface area contributed by atoms with Gasteiger partial charge >= 0.3 is 0 Å². The summed E-state index contributed by atoms with van der Waals surface area (Å²) in [6.45, 7) is 4.66. The Morgan fingerprint density at radius 1 is 0.938 bits per heavy atom. The minimum absolute atomic E-state index is 0.190. The third-order valence-electron chi connectivity index (χ3n) is 5.57. The number of aromatic nitrogens is 1. The van der Waals surface area contributed by atoms with Gasteiger partial charge in [-0.15, -0.1) is 0 Å². The molecule has 1 aliphatic rings. The van der Waals surface area contributed by atoms with E-state index in [4.69, 9.17) is 9.47 Å². The van der Waals surface area contributed by atoms with Crippen LogP contribution in [0.5, 0.6) is 11.5 Å². The lowest BCUT2D eigenvalue weighted by Gasteiger charge is -2.35. The van der Waals surface area contributed by atoms with Crippen molar-refractivity contribution in [3.63, 3.8) is 0 Å². The van der Waals surface area contributed by atoms with Crippen LogP contribution >= 0.6 is 0 Å². The molecule has 0 aliphatic carbocycles. The number of carbonyl (C=O) groups is 1. The summed E-state index contributed by atoms with van der Waals surface area (Å²) < 4.78 is 10.5. The summed E-state index contributed by atoms with van der Waals surface area (Å²) in [6, 6.07) is 19.1. The number of rotatable bonds is 7. The second kappa shape index (κ2) is 10.2. The number of nitrogens with one attached hydrogen (secondary N) is 1. The normalized spacial score (nSPS) is 14.1. The molecule has 1 amide bonds. The Hall–Kier alpha value is -3.58. The Bertz CT molecular complexity index is 1050. The number of hydrogen-bond acceptors (Lipinski definition) is 6. The zero-order chi connectivity index (χ0) is 22.3. The molecule has 0 radical (unpaired) electrons. The van der Waals surface area contributed by atoms with Gasteiger partial charge in [0.05, 0.1) is 26.1 Å². The molecule has 0 bridgehead atoms. The second-order valence-electron chi connectivity index (χ2n) is 7.71. The third kappa shape index (κ3) is 5.36. The molecule has 0 spiro atoms. The summed E-state index contributed by atoms with van der Waals surface area (Å²) in [5.41, 5.74) is 2.46. The van der Waals surface area contributed by atoms with Crippen LogP contribution in [0.25, 0.3) is 0 Å². The number of amides is 1. The fourth-order valence-electron chi connectivity index (χ4n) is 3.78. The van der Waals surface area contributed by atoms with Gasteiger partial charge in [0.25, 0.3) is 5.91 Å². The summed E-state index contributed by atoms with van der Waals surface area (Å²) in [5.74, 6) is 2.27. The van der Waals surface area contributed by atoms with Gasteiger partial charge < -0.3 is 19.7 Å². The van der Waals surface area contributed by atoms with Crippen molar-refractivity contribution < 1.29 is 14.3 Å². The largest absolute Gasteiger partial charge is 0.497 e. The van der Waals surface area contributed by atoms with Crippen molar-refractivity contribution >= 4 is 17.4 Å². The van der Waals surface area contributed by atoms with Crippen LogP contribution in [0.2, 0.25) is 0 Å². The molecular formula is C25H28N4O3. The van der Waals surface area contributed by atoms with E-state index in [1.54, 1.807) is 38.6 Å². The second-order valence-corrected chi connectivity index (χ2v) is 7.71. The van der Waals surface area contributed by atoms with Gasteiger partial charge in [0, 0.05) is 38.3 Å². The molecule has 4 rings (SSSR count). The minimum atomic E-state index is -0.190. The molecule has 0 unspecified atom stereocenters. The molecule has 0 saturated carbocycles. The first-order valence-electron chi connectivity index (χ1n) is 10.7. The molecule has 1 fully saturated rings. The van der Waals surface area contributed by atoms with E-state index in [-0.39, 0.29) is 5.91 Å².